The molecule has 0 saturated carbocycles. The molecule has 0 saturated heterocycles. The molecule has 0 bridgehead atoms. The molecule has 1 aliphatic rings. The van der Waals surface area contributed by atoms with E-state index in [1.807, 2.05) is 84.9 Å². The Morgan fingerprint density at radius 3 is 2.41 bits per heavy atom. The van der Waals surface area contributed by atoms with Crippen molar-refractivity contribution in [2.45, 2.75) is 6.04 Å². The van der Waals surface area contributed by atoms with Crippen molar-refractivity contribution in [3.8, 4) is 5.75 Å². The fraction of sp³-hybridized carbons (Fsp3) is 0.0741. The van der Waals surface area contributed by atoms with E-state index in [1.54, 1.807) is 17.9 Å². The maximum Gasteiger partial charge on any atom is 0.250 e. The number of allylic oxidation sites excluding steroid dienone is 1. The third kappa shape index (κ3) is 4.59. The normalized spacial score (nSPS) is 14.7. The number of aromatic nitrogens is 3. The molecule has 2 heterocycles. The maximum atomic E-state index is 12.5. The van der Waals surface area contributed by atoms with E-state index in [-0.39, 0.29) is 17.9 Å². The number of fused-ring (bicyclic) bond motifs is 1. The third-order valence-electron chi connectivity index (χ3n) is 5.47. The van der Waals surface area contributed by atoms with Crippen LogP contribution in [0.25, 0.3) is 11.8 Å². The van der Waals surface area contributed by atoms with Gasteiger partial charge < -0.3 is 10.1 Å². The highest BCUT2D eigenvalue weighted by Crippen LogP contribution is 2.33. The van der Waals surface area contributed by atoms with E-state index < -0.39 is 0 Å². The molecule has 1 unspecified atom stereocenters. The Morgan fingerprint density at radius 2 is 1.71 bits per heavy atom. The summed E-state index contributed by atoms with van der Waals surface area (Å²) in [7, 11) is 1.64. The minimum absolute atomic E-state index is 0.213. The average Bonchev–Trinajstić information content (AvgIpc) is 3.30. The van der Waals surface area contributed by atoms with E-state index in [0.717, 1.165) is 28.1 Å². The topological polar surface area (TPSA) is 81.1 Å². The van der Waals surface area contributed by atoms with Crippen molar-refractivity contribution in [3.05, 3.63) is 114 Å². The molecule has 5 rings (SSSR count). The second-order valence-corrected chi connectivity index (χ2v) is 7.73. The maximum absolute atomic E-state index is 12.5. The number of ether oxygens (including phenoxy) is 1. The zero-order valence-electron chi connectivity index (χ0n) is 18.6. The number of hydrogen-bond acceptors (Lipinski definition) is 5. The fourth-order valence-corrected chi connectivity index (χ4v) is 3.76. The minimum atomic E-state index is -0.302. The summed E-state index contributed by atoms with van der Waals surface area (Å²) in [4.78, 5) is 17.0. The molecule has 1 aliphatic heterocycles. The van der Waals surface area contributed by atoms with Crippen molar-refractivity contribution in [3.63, 3.8) is 0 Å². The Labute approximate surface area is 197 Å². The molecule has 0 aliphatic carbocycles. The Morgan fingerprint density at radius 1 is 1.00 bits per heavy atom. The second-order valence-electron chi connectivity index (χ2n) is 7.73. The predicted molar refractivity (Wildman–Crippen MR) is 133 cm³/mol. The summed E-state index contributed by atoms with van der Waals surface area (Å²) >= 11 is 0. The lowest BCUT2D eigenvalue weighted by atomic mass is 10.0. The third-order valence-corrected chi connectivity index (χ3v) is 5.47. The molecule has 2 N–H and O–H groups in total. The lowest BCUT2D eigenvalue weighted by molar-refractivity contribution is -0.111. The van der Waals surface area contributed by atoms with Gasteiger partial charge in [0.2, 0.25) is 5.95 Å². The first-order valence-corrected chi connectivity index (χ1v) is 10.9. The lowest BCUT2D eigenvalue weighted by Crippen LogP contribution is -2.20. The van der Waals surface area contributed by atoms with Gasteiger partial charge in [-0.2, -0.15) is 4.98 Å². The Kier molecular flexibility index (Phi) is 5.90. The van der Waals surface area contributed by atoms with Crippen LogP contribution in [0.2, 0.25) is 0 Å². The molecule has 1 atom stereocenters. The zero-order valence-corrected chi connectivity index (χ0v) is 18.6. The van der Waals surface area contributed by atoms with Gasteiger partial charge >= 0.3 is 0 Å². The van der Waals surface area contributed by atoms with Gasteiger partial charge in [0.1, 0.15) is 11.8 Å². The van der Waals surface area contributed by atoms with Crippen LogP contribution in [0.4, 0.5) is 11.9 Å². The van der Waals surface area contributed by atoms with Crippen LogP contribution in [0.15, 0.2) is 97.1 Å². The molecular weight excluding hydrogens is 426 g/mol. The van der Waals surface area contributed by atoms with Gasteiger partial charge in [-0.05, 0) is 41.0 Å². The Hall–Kier alpha value is -4.65. The molecule has 3 aromatic carbocycles. The predicted octanol–water partition coefficient (Wildman–Crippen LogP) is 4.99. The first kappa shape index (κ1) is 21.2. The molecule has 0 spiro atoms. The number of methoxy groups -OCH3 is 1. The molecule has 0 fully saturated rings. The number of anilines is 2. The van der Waals surface area contributed by atoms with Gasteiger partial charge in [-0.15, -0.1) is 5.10 Å². The van der Waals surface area contributed by atoms with Crippen molar-refractivity contribution < 1.29 is 9.53 Å². The van der Waals surface area contributed by atoms with E-state index in [4.69, 9.17) is 4.74 Å². The number of hydrogen-bond donors (Lipinski definition) is 2. The Balaban J connectivity index is 1.44. The van der Waals surface area contributed by atoms with Gasteiger partial charge in [-0.1, -0.05) is 72.8 Å². The van der Waals surface area contributed by atoms with E-state index in [0.29, 0.717) is 5.95 Å². The van der Waals surface area contributed by atoms with Crippen LogP contribution >= 0.6 is 0 Å². The average molecular weight is 450 g/mol. The van der Waals surface area contributed by atoms with Gasteiger partial charge in [0, 0.05) is 11.8 Å². The second kappa shape index (κ2) is 9.46. The van der Waals surface area contributed by atoms with Crippen molar-refractivity contribution in [1.82, 2.24) is 14.8 Å². The molecule has 0 radical (unpaired) electrons. The van der Waals surface area contributed by atoms with Gasteiger partial charge in [0.05, 0.1) is 7.11 Å². The van der Waals surface area contributed by atoms with E-state index in [9.17, 15) is 4.79 Å². The molecule has 7 heteroatoms. The standard InChI is InChI=1S/C27H23N5O2/c1-34-22-15-13-21(14-16-22)24-18-23(20-10-6-3-7-11-20)28-27-30-26(31-32(24)27)29-25(33)17-12-19-8-4-2-5-9-19/h2-18,24H,1H3,(H2,28,29,30,31,33). The SMILES string of the molecule is COc1ccc(C2C=C(c3ccccc3)Nc3nc(NC(=O)C=Cc4ccccc4)nn32)cc1. The first-order valence-electron chi connectivity index (χ1n) is 10.9. The molecule has 1 amide bonds. The quantitative estimate of drug-likeness (QED) is 0.405. The molecule has 4 aromatic rings. The summed E-state index contributed by atoms with van der Waals surface area (Å²) in [5.74, 6) is 1.25. The van der Waals surface area contributed by atoms with Crippen LogP contribution in [-0.2, 0) is 4.79 Å². The van der Waals surface area contributed by atoms with Crippen molar-refractivity contribution in [1.29, 1.82) is 0 Å². The molecule has 34 heavy (non-hydrogen) atoms. The highest BCUT2D eigenvalue weighted by Gasteiger charge is 2.25. The van der Waals surface area contributed by atoms with E-state index in [2.05, 4.69) is 26.8 Å². The van der Waals surface area contributed by atoms with Crippen molar-refractivity contribution >= 4 is 29.6 Å². The monoisotopic (exact) mass is 449 g/mol. The van der Waals surface area contributed by atoms with Gasteiger partial charge in [-0.3, -0.25) is 10.1 Å². The highest BCUT2D eigenvalue weighted by atomic mass is 16.5. The number of amides is 1. The number of carbonyl (C=O) groups excluding carboxylic acids is 1. The van der Waals surface area contributed by atoms with E-state index >= 15 is 0 Å². The summed E-state index contributed by atoms with van der Waals surface area (Å²) in [6.45, 7) is 0. The van der Waals surface area contributed by atoms with Crippen LogP contribution in [0, 0.1) is 0 Å². The number of nitrogens with zero attached hydrogens (tertiary/aromatic N) is 3. The molecular formula is C27H23N5O2. The van der Waals surface area contributed by atoms with Crippen molar-refractivity contribution in [2.75, 3.05) is 17.7 Å². The number of carbonyl (C=O) groups is 1. The van der Waals surface area contributed by atoms with Crippen molar-refractivity contribution in [2.24, 2.45) is 0 Å². The number of rotatable bonds is 6. The van der Waals surface area contributed by atoms with Gasteiger partial charge in [-0.25, -0.2) is 4.68 Å². The van der Waals surface area contributed by atoms with Crippen LogP contribution < -0.4 is 15.4 Å². The minimum Gasteiger partial charge on any atom is -0.497 e. The van der Waals surface area contributed by atoms with Crippen LogP contribution in [0.3, 0.4) is 0 Å². The molecule has 7 nitrogen and oxygen atoms in total. The summed E-state index contributed by atoms with van der Waals surface area (Å²) < 4.78 is 7.07. The first-order chi connectivity index (χ1) is 16.7. The van der Waals surface area contributed by atoms with Crippen LogP contribution in [-0.4, -0.2) is 27.8 Å². The summed E-state index contributed by atoms with van der Waals surface area (Å²) in [5, 5.41) is 10.7. The lowest BCUT2D eigenvalue weighted by Gasteiger charge is -2.24. The fourth-order valence-electron chi connectivity index (χ4n) is 3.76. The highest BCUT2D eigenvalue weighted by molar-refractivity contribution is 6.01. The largest absolute Gasteiger partial charge is 0.497 e. The Bertz CT molecular complexity index is 1340. The number of benzene rings is 3. The molecule has 168 valence electrons. The van der Waals surface area contributed by atoms with Gasteiger partial charge in [0.25, 0.3) is 11.9 Å². The van der Waals surface area contributed by atoms with Crippen LogP contribution in [0.5, 0.6) is 5.75 Å². The summed E-state index contributed by atoms with van der Waals surface area (Å²) in [6, 6.07) is 27.3. The van der Waals surface area contributed by atoms with Crippen LogP contribution in [0.1, 0.15) is 22.7 Å². The smallest absolute Gasteiger partial charge is 0.250 e. The molecule has 1 aromatic heterocycles. The van der Waals surface area contributed by atoms with E-state index in [1.165, 1.54) is 6.08 Å². The zero-order chi connectivity index (χ0) is 23.3. The van der Waals surface area contributed by atoms with Gasteiger partial charge in [0.15, 0.2) is 0 Å². The summed E-state index contributed by atoms with van der Waals surface area (Å²) in [5.41, 5.74) is 3.91. The summed E-state index contributed by atoms with van der Waals surface area (Å²) in [6.07, 6.45) is 5.32. The number of nitrogens with one attached hydrogen (secondary N) is 2.